The van der Waals surface area contributed by atoms with Crippen molar-refractivity contribution in [1.82, 2.24) is 0 Å². The highest BCUT2D eigenvalue weighted by atomic mass is 16.5. The molecule has 3 aliphatic carbocycles. The van der Waals surface area contributed by atoms with Gasteiger partial charge in [-0.3, -0.25) is 0 Å². The first kappa shape index (κ1) is 10.8. The molecule has 0 radical (unpaired) electrons. The Kier molecular flexibility index (Phi) is 2.80. The SMILES string of the molecule is CC(CCO)OC1CC2CC1C1CC=CC21. The van der Waals surface area contributed by atoms with Crippen LogP contribution in [0.25, 0.3) is 0 Å². The second kappa shape index (κ2) is 4.15. The van der Waals surface area contributed by atoms with Crippen molar-refractivity contribution in [2.75, 3.05) is 6.61 Å². The number of rotatable bonds is 4. The number of hydrogen-bond acceptors (Lipinski definition) is 2. The van der Waals surface area contributed by atoms with Crippen LogP contribution in [0.1, 0.15) is 32.6 Å². The molecule has 0 heterocycles. The maximum absolute atomic E-state index is 8.90. The Hall–Kier alpha value is -0.340. The van der Waals surface area contributed by atoms with E-state index < -0.39 is 0 Å². The van der Waals surface area contributed by atoms with Crippen LogP contribution in [0, 0.1) is 23.7 Å². The fourth-order valence-corrected chi connectivity index (χ4v) is 4.20. The predicted molar refractivity (Wildman–Crippen MR) is 63.0 cm³/mol. The number of ether oxygens (including phenoxy) is 1. The molecule has 0 aromatic rings. The summed E-state index contributed by atoms with van der Waals surface area (Å²) < 4.78 is 6.11. The van der Waals surface area contributed by atoms with Crippen LogP contribution >= 0.6 is 0 Å². The van der Waals surface area contributed by atoms with Gasteiger partial charge in [-0.15, -0.1) is 0 Å². The van der Waals surface area contributed by atoms with Gasteiger partial charge in [-0.05, 0) is 56.3 Å². The summed E-state index contributed by atoms with van der Waals surface area (Å²) in [4.78, 5) is 0. The van der Waals surface area contributed by atoms with Gasteiger partial charge in [0.15, 0.2) is 0 Å². The van der Waals surface area contributed by atoms with Crippen molar-refractivity contribution in [2.45, 2.75) is 44.8 Å². The van der Waals surface area contributed by atoms with E-state index in [0.29, 0.717) is 6.10 Å². The van der Waals surface area contributed by atoms with E-state index in [0.717, 1.165) is 30.1 Å². The molecule has 6 atom stereocenters. The molecule has 16 heavy (non-hydrogen) atoms. The fraction of sp³-hybridized carbons (Fsp3) is 0.857. The third-order valence-electron chi connectivity index (χ3n) is 4.89. The van der Waals surface area contributed by atoms with Crippen LogP contribution in [0.3, 0.4) is 0 Å². The van der Waals surface area contributed by atoms with Gasteiger partial charge in [0.25, 0.3) is 0 Å². The van der Waals surface area contributed by atoms with E-state index in [2.05, 4.69) is 19.1 Å². The molecule has 0 aromatic carbocycles. The molecule has 0 saturated heterocycles. The summed E-state index contributed by atoms with van der Waals surface area (Å²) in [7, 11) is 0. The number of hydrogen-bond donors (Lipinski definition) is 1. The molecule has 0 spiro atoms. The van der Waals surface area contributed by atoms with Crippen LogP contribution in [0.2, 0.25) is 0 Å². The van der Waals surface area contributed by atoms with Crippen molar-refractivity contribution in [3.8, 4) is 0 Å². The summed E-state index contributed by atoms with van der Waals surface area (Å²) in [6.07, 6.45) is 10.2. The lowest BCUT2D eigenvalue weighted by molar-refractivity contribution is -0.0554. The molecule has 0 aliphatic heterocycles. The Bertz CT molecular complexity index is 286. The summed E-state index contributed by atoms with van der Waals surface area (Å²) >= 11 is 0. The van der Waals surface area contributed by atoms with Crippen LogP contribution in [0.5, 0.6) is 0 Å². The van der Waals surface area contributed by atoms with Gasteiger partial charge in [0, 0.05) is 6.61 Å². The molecule has 2 bridgehead atoms. The molecular weight excluding hydrogens is 200 g/mol. The third kappa shape index (κ3) is 1.63. The summed E-state index contributed by atoms with van der Waals surface area (Å²) in [5.41, 5.74) is 0. The summed E-state index contributed by atoms with van der Waals surface area (Å²) in [5.74, 6) is 3.44. The Morgan fingerprint density at radius 2 is 2.25 bits per heavy atom. The summed E-state index contributed by atoms with van der Waals surface area (Å²) in [5, 5.41) is 8.90. The first-order valence-corrected chi connectivity index (χ1v) is 6.72. The average Bonchev–Trinajstić information content (AvgIpc) is 2.86. The maximum atomic E-state index is 8.90. The lowest BCUT2D eigenvalue weighted by Gasteiger charge is -2.33. The van der Waals surface area contributed by atoms with Crippen molar-refractivity contribution in [3.63, 3.8) is 0 Å². The number of aliphatic hydroxyl groups is 1. The van der Waals surface area contributed by atoms with Gasteiger partial charge in [0.2, 0.25) is 0 Å². The molecule has 90 valence electrons. The smallest absolute Gasteiger partial charge is 0.0612 e. The summed E-state index contributed by atoms with van der Waals surface area (Å²) in [6.45, 7) is 2.34. The molecule has 0 aromatic heterocycles. The number of allylic oxidation sites excluding steroid dienone is 2. The van der Waals surface area contributed by atoms with Gasteiger partial charge < -0.3 is 9.84 Å². The minimum absolute atomic E-state index is 0.224. The van der Waals surface area contributed by atoms with Crippen LogP contribution in [-0.4, -0.2) is 23.9 Å². The van der Waals surface area contributed by atoms with Crippen molar-refractivity contribution in [1.29, 1.82) is 0 Å². The van der Waals surface area contributed by atoms with Crippen LogP contribution < -0.4 is 0 Å². The van der Waals surface area contributed by atoms with E-state index in [1.807, 2.05) is 0 Å². The van der Waals surface area contributed by atoms with Crippen molar-refractivity contribution < 1.29 is 9.84 Å². The molecule has 3 aliphatic rings. The van der Waals surface area contributed by atoms with Crippen LogP contribution in [0.15, 0.2) is 12.2 Å². The van der Waals surface area contributed by atoms with E-state index >= 15 is 0 Å². The molecule has 2 nitrogen and oxygen atoms in total. The molecule has 2 saturated carbocycles. The standard InChI is InChI=1S/C14H22O2/c1-9(5-6-15)16-14-8-10-7-13(14)12-4-2-3-11(10)12/h2-3,9-15H,4-8H2,1H3. The molecule has 2 heteroatoms. The zero-order valence-electron chi connectivity index (χ0n) is 10.0. The Balaban J connectivity index is 1.60. The third-order valence-corrected chi connectivity index (χ3v) is 4.89. The monoisotopic (exact) mass is 222 g/mol. The number of fused-ring (bicyclic) bond motifs is 5. The lowest BCUT2D eigenvalue weighted by atomic mass is 9.80. The van der Waals surface area contributed by atoms with E-state index in [1.54, 1.807) is 0 Å². The Morgan fingerprint density at radius 3 is 3.06 bits per heavy atom. The van der Waals surface area contributed by atoms with Crippen LogP contribution in [0.4, 0.5) is 0 Å². The quantitative estimate of drug-likeness (QED) is 0.740. The Labute approximate surface area is 97.7 Å². The van der Waals surface area contributed by atoms with Gasteiger partial charge >= 0.3 is 0 Å². The molecule has 0 amide bonds. The van der Waals surface area contributed by atoms with Gasteiger partial charge in [-0.2, -0.15) is 0 Å². The molecule has 3 rings (SSSR count). The lowest BCUT2D eigenvalue weighted by Crippen LogP contribution is -2.33. The first-order valence-electron chi connectivity index (χ1n) is 6.72. The molecular formula is C14H22O2. The van der Waals surface area contributed by atoms with Gasteiger partial charge in [0.05, 0.1) is 12.2 Å². The second-order valence-electron chi connectivity index (χ2n) is 5.80. The molecule has 6 unspecified atom stereocenters. The highest BCUT2D eigenvalue weighted by Gasteiger charge is 2.53. The van der Waals surface area contributed by atoms with E-state index in [4.69, 9.17) is 9.84 Å². The average molecular weight is 222 g/mol. The van der Waals surface area contributed by atoms with Crippen molar-refractivity contribution >= 4 is 0 Å². The minimum Gasteiger partial charge on any atom is -0.396 e. The first-order chi connectivity index (χ1) is 7.79. The van der Waals surface area contributed by atoms with E-state index in [1.165, 1.54) is 19.3 Å². The predicted octanol–water partition coefficient (Wildman–Crippen LogP) is 2.37. The highest BCUT2D eigenvalue weighted by molar-refractivity contribution is 5.14. The number of aliphatic hydroxyl groups excluding tert-OH is 1. The topological polar surface area (TPSA) is 29.5 Å². The van der Waals surface area contributed by atoms with Crippen molar-refractivity contribution in [2.24, 2.45) is 23.7 Å². The maximum Gasteiger partial charge on any atom is 0.0612 e. The molecule has 1 N–H and O–H groups in total. The van der Waals surface area contributed by atoms with Gasteiger partial charge in [0.1, 0.15) is 0 Å². The van der Waals surface area contributed by atoms with Gasteiger partial charge in [-0.25, -0.2) is 0 Å². The zero-order chi connectivity index (χ0) is 11.1. The molecule has 2 fully saturated rings. The summed E-state index contributed by atoms with van der Waals surface area (Å²) in [6, 6.07) is 0. The van der Waals surface area contributed by atoms with Gasteiger partial charge in [-0.1, -0.05) is 12.2 Å². The minimum atomic E-state index is 0.224. The fourth-order valence-electron chi connectivity index (χ4n) is 4.20. The second-order valence-corrected chi connectivity index (χ2v) is 5.80. The Morgan fingerprint density at radius 1 is 1.38 bits per heavy atom. The normalized spacial score (nSPS) is 46.2. The largest absolute Gasteiger partial charge is 0.396 e. The van der Waals surface area contributed by atoms with Crippen molar-refractivity contribution in [3.05, 3.63) is 12.2 Å². The van der Waals surface area contributed by atoms with E-state index in [-0.39, 0.29) is 12.7 Å². The van der Waals surface area contributed by atoms with Crippen LogP contribution in [-0.2, 0) is 4.74 Å². The highest BCUT2D eigenvalue weighted by Crippen LogP contribution is 2.57. The zero-order valence-corrected chi connectivity index (χ0v) is 10.0. The van der Waals surface area contributed by atoms with E-state index in [9.17, 15) is 0 Å².